The van der Waals surface area contributed by atoms with Crippen molar-refractivity contribution in [2.45, 2.75) is 12.3 Å². The van der Waals surface area contributed by atoms with Gasteiger partial charge in [-0.15, -0.1) is 0 Å². The molecular formula is C17H19NO4. The van der Waals surface area contributed by atoms with Crippen LogP contribution in [0.1, 0.15) is 28.5 Å². The van der Waals surface area contributed by atoms with Crippen molar-refractivity contribution in [1.82, 2.24) is 4.90 Å². The summed E-state index contributed by atoms with van der Waals surface area (Å²) in [6.45, 7) is 0. The number of carbonyl (C=O) groups excluding carboxylic acids is 2. The maximum atomic E-state index is 12.7. The monoisotopic (exact) mass is 301 g/mol. The van der Waals surface area contributed by atoms with Crippen LogP contribution >= 0.6 is 0 Å². The summed E-state index contributed by atoms with van der Waals surface area (Å²) in [4.78, 5) is 26.2. The van der Waals surface area contributed by atoms with Crippen molar-refractivity contribution in [3.8, 4) is 5.75 Å². The standard InChI is InChI=1S/C17H19NO4/c1-18(2)16(19)11-14(15-5-4-10-22-15)17(20)12-6-8-13(21-3)9-7-12/h4-10,14H,11H2,1-3H3/t14-/m1/s1. The van der Waals surface area contributed by atoms with E-state index in [0.29, 0.717) is 17.1 Å². The van der Waals surface area contributed by atoms with Crippen LogP contribution in [-0.4, -0.2) is 37.8 Å². The smallest absolute Gasteiger partial charge is 0.223 e. The molecule has 1 aromatic heterocycles. The summed E-state index contributed by atoms with van der Waals surface area (Å²) in [5.74, 6) is 0.279. The number of ketones is 1. The lowest BCUT2D eigenvalue weighted by Gasteiger charge is -2.16. The number of carbonyl (C=O) groups is 2. The van der Waals surface area contributed by atoms with E-state index in [0.717, 1.165) is 0 Å². The van der Waals surface area contributed by atoms with Crippen LogP contribution in [0.3, 0.4) is 0 Å². The molecule has 116 valence electrons. The quantitative estimate of drug-likeness (QED) is 0.770. The molecule has 1 atom stereocenters. The fourth-order valence-electron chi connectivity index (χ4n) is 2.13. The minimum Gasteiger partial charge on any atom is -0.497 e. The van der Waals surface area contributed by atoms with Crippen LogP contribution in [0, 0.1) is 0 Å². The molecule has 22 heavy (non-hydrogen) atoms. The first-order valence-corrected chi connectivity index (χ1v) is 6.94. The molecule has 0 aliphatic carbocycles. The number of rotatable bonds is 6. The zero-order chi connectivity index (χ0) is 16.1. The third kappa shape index (κ3) is 3.55. The van der Waals surface area contributed by atoms with E-state index in [9.17, 15) is 9.59 Å². The van der Waals surface area contributed by atoms with Crippen LogP contribution in [0.15, 0.2) is 47.1 Å². The number of Topliss-reactive ketones (excluding diaryl/α,β-unsaturated/α-hetero) is 1. The lowest BCUT2D eigenvalue weighted by Crippen LogP contribution is -2.26. The molecule has 0 fully saturated rings. The first kappa shape index (κ1) is 15.8. The Morgan fingerprint density at radius 2 is 1.86 bits per heavy atom. The molecule has 0 saturated carbocycles. The molecule has 2 aromatic rings. The van der Waals surface area contributed by atoms with Gasteiger partial charge in [-0.05, 0) is 36.4 Å². The second kappa shape index (κ2) is 6.93. The summed E-state index contributed by atoms with van der Waals surface area (Å²) >= 11 is 0. The highest BCUT2D eigenvalue weighted by Crippen LogP contribution is 2.26. The van der Waals surface area contributed by atoms with Crippen molar-refractivity contribution < 1.29 is 18.7 Å². The molecule has 0 saturated heterocycles. The third-order valence-electron chi connectivity index (χ3n) is 3.46. The van der Waals surface area contributed by atoms with Crippen molar-refractivity contribution >= 4 is 11.7 Å². The van der Waals surface area contributed by atoms with Crippen LogP contribution in [-0.2, 0) is 4.79 Å². The first-order chi connectivity index (χ1) is 10.5. The van der Waals surface area contributed by atoms with Crippen LogP contribution < -0.4 is 4.74 Å². The molecule has 5 nitrogen and oxygen atoms in total. The van der Waals surface area contributed by atoms with Gasteiger partial charge in [0, 0.05) is 26.1 Å². The SMILES string of the molecule is COc1ccc(C(=O)[C@H](CC(=O)N(C)C)c2ccco2)cc1. The normalized spacial score (nSPS) is 11.8. The van der Waals surface area contributed by atoms with Crippen LogP contribution in [0.25, 0.3) is 0 Å². The molecule has 1 amide bonds. The van der Waals surface area contributed by atoms with E-state index < -0.39 is 5.92 Å². The maximum Gasteiger partial charge on any atom is 0.223 e. The molecule has 0 spiro atoms. The molecule has 2 rings (SSSR count). The topological polar surface area (TPSA) is 59.8 Å². The van der Waals surface area contributed by atoms with Gasteiger partial charge in [-0.2, -0.15) is 0 Å². The van der Waals surface area contributed by atoms with Gasteiger partial charge < -0.3 is 14.1 Å². The lowest BCUT2D eigenvalue weighted by molar-refractivity contribution is -0.129. The van der Waals surface area contributed by atoms with E-state index in [1.807, 2.05) is 0 Å². The number of furan rings is 1. The Labute approximate surface area is 129 Å². The Kier molecular flexibility index (Phi) is 4.99. The van der Waals surface area contributed by atoms with Gasteiger partial charge in [0.05, 0.1) is 19.3 Å². The zero-order valence-corrected chi connectivity index (χ0v) is 12.9. The number of amides is 1. The van der Waals surface area contributed by atoms with Crippen LogP contribution in [0.4, 0.5) is 0 Å². The predicted octanol–water partition coefficient (Wildman–Crippen LogP) is 2.73. The maximum absolute atomic E-state index is 12.7. The Hall–Kier alpha value is -2.56. The molecule has 5 heteroatoms. The summed E-state index contributed by atoms with van der Waals surface area (Å²) in [6.07, 6.45) is 1.58. The molecule has 0 aliphatic rings. The van der Waals surface area contributed by atoms with Crippen molar-refractivity contribution in [3.63, 3.8) is 0 Å². The summed E-state index contributed by atoms with van der Waals surface area (Å²) in [6, 6.07) is 10.3. The Bertz CT molecular complexity index is 629. The second-order valence-electron chi connectivity index (χ2n) is 5.15. The molecule has 1 heterocycles. The minimum absolute atomic E-state index is 0.0748. The summed E-state index contributed by atoms with van der Waals surface area (Å²) < 4.78 is 10.4. The number of hydrogen-bond donors (Lipinski definition) is 0. The molecule has 0 aliphatic heterocycles. The highest BCUT2D eigenvalue weighted by molar-refractivity contribution is 6.02. The number of benzene rings is 1. The van der Waals surface area contributed by atoms with Gasteiger partial charge in [-0.1, -0.05) is 0 Å². The van der Waals surface area contributed by atoms with E-state index in [1.54, 1.807) is 57.6 Å². The molecule has 0 bridgehead atoms. The van der Waals surface area contributed by atoms with Crippen molar-refractivity contribution in [1.29, 1.82) is 0 Å². The van der Waals surface area contributed by atoms with E-state index in [2.05, 4.69) is 0 Å². The fraction of sp³-hybridized carbons (Fsp3) is 0.294. The van der Waals surface area contributed by atoms with Gasteiger partial charge in [0.1, 0.15) is 11.5 Å². The van der Waals surface area contributed by atoms with Gasteiger partial charge in [0.15, 0.2) is 5.78 Å². The van der Waals surface area contributed by atoms with Gasteiger partial charge in [0.25, 0.3) is 0 Å². The third-order valence-corrected chi connectivity index (χ3v) is 3.46. The lowest BCUT2D eigenvalue weighted by atomic mass is 9.92. The highest BCUT2D eigenvalue weighted by Gasteiger charge is 2.27. The Morgan fingerprint density at radius 3 is 2.36 bits per heavy atom. The molecule has 0 radical (unpaired) electrons. The number of methoxy groups -OCH3 is 1. The van der Waals surface area contributed by atoms with Gasteiger partial charge >= 0.3 is 0 Å². The molecular weight excluding hydrogens is 282 g/mol. The summed E-state index contributed by atoms with van der Waals surface area (Å²) in [7, 11) is 4.90. The van der Waals surface area contributed by atoms with Crippen LogP contribution in [0.5, 0.6) is 5.75 Å². The zero-order valence-electron chi connectivity index (χ0n) is 12.9. The highest BCUT2D eigenvalue weighted by atomic mass is 16.5. The van der Waals surface area contributed by atoms with Gasteiger partial charge in [0.2, 0.25) is 5.91 Å². The molecule has 1 aromatic carbocycles. The van der Waals surface area contributed by atoms with E-state index >= 15 is 0 Å². The van der Waals surface area contributed by atoms with E-state index in [4.69, 9.17) is 9.15 Å². The first-order valence-electron chi connectivity index (χ1n) is 6.94. The van der Waals surface area contributed by atoms with Gasteiger partial charge in [-0.3, -0.25) is 9.59 Å². The van der Waals surface area contributed by atoms with Gasteiger partial charge in [-0.25, -0.2) is 0 Å². The minimum atomic E-state index is -0.627. The van der Waals surface area contributed by atoms with Crippen molar-refractivity contribution in [3.05, 3.63) is 54.0 Å². The molecule has 0 unspecified atom stereocenters. The summed E-state index contributed by atoms with van der Waals surface area (Å²) in [5, 5.41) is 0. The molecule has 0 N–H and O–H groups in total. The Balaban J connectivity index is 2.27. The van der Waals surface area contributed by atoms with Crippen LogP contribution in [0.2, 0.25) is 0 Å². The number of hydrogen-bond acceptors (Lipinski definition) is 4. The van der Waals surface area contributed by atoms with Crippen molar-refractivity contribution in [2.75, 3.05) is 21.2 Å². The van der Waals surface area contributed by atoms with E-state index in [1.165, 1.54) is 11.2 Å². The van der Waals surface area contributed by atoms with E-state index in [-0.39, 0.29) is 18.1 Å². The fourth-order valence-corrected chi connectivity index (χ4v) is 2.13. The predicted molar refractivity (Wildman–Crippen MR) is 82.1 cm³/mol. The second-order valence-corrected chi connectivity index (χ2v) is 5.15. The number of nitrogens with zero attached hydrogens (tertiary/aromatic N) is 1. The largest absolute Gasteiger partial charge is 0.497 e. The Morgan fingerprint density at radius 1 is 1.18 bits per heavy atom. The summed E-state index contributed by atoms with van der Waals surface area (Å²) in [5.41, 5.74) is 0.522. The van der Waals surface area contributed by atoms with Crippen molar-refractivity contribution in [2.24, 2.45) is 0 Å². The average molecular weight is 301 g/mol. The number of ether oxygens (including phenoxy) is 1. The average Bonchev–Trinajstić information content (AvgIpc) is 3.05.